The minimum absolute atomic E-state index is 0.262. The van der Waals surface area contributed by atoms with E-state index in [1.54, 1.807) is 30.3 Å². The summed E-state index contributed by atoms with van der Waals surface area (Å²) in [5, 5.41) is -0.265. The Kier molecular flexibility index (Phi) is 12.1. The van der Waals surface area contributed by atoms with E-state index in [1.807, 2.05) is 33.9 Å². The van der Waals surface area contributed by atoms with E-state index in [1.165, 1.54) is 31.2 Å². The largest absolute Gasteiger partial charge is 0.466 e. The molecule has 0 aliphatic heterocycles. The molecule has 2 rings (SSSR count). The molecule has 11 heteroatoms. The van der Waals surface area contributed by atoms with Crippen LogP contribution in [0.25, 0.3) is 0 Å². The molecule has 4 atom stereocenters. The van der Waals surface area contributed by atoms with E-state index in [9.17, 15) is 27.6 Å². The lowest BCUT2D eigenvalue weighted by atomic mass is 9.89. The van der Waals surface area contributed by atoms with E-state index in [-0.39, 0.29) is 11.5 Å². The maximum atomic E-state index is 14.6. The van der Waals surface area contributed by atoms with Crippen LogP contribution in [-0.2, 0) is 38.6 Å². The molecule has 0 amide bonds. The summed E-state index contributed by atoms with van der Waals surface area (Å²) < 4.78 is 65.3. The van der Waals surface area contributed by atoms with Gasteiger partial charge in [0.25, 0.3) is 5.60 Å². The van der Waals surface area contributed by atoms with Crippen molar-refractivity contribution in [3.8, 4) is 0 Å². The van der Waals surface area contributed by atoms with E-state index >= 15 is 0 Å². The lowest BCUT2D eigenvalue weighted by molar-refractivity contribution is -0.278. The van der Waals surface area contributed by atoms with Gasteiger partial charge < -0.3 is 18.6 Å². The molecule has 0 radical (unpaired) electrons. The van der Waals surface area contributed by atoms with Crippen LogP contribution < -0.4 is 0 Å². The summed E-state index contributed by atoms with van der Waals surface area (Å²) in [6.07, 6.45) is -5.64. The van der Waals surface area contributed by atoms with E-state index in [4.69, 9.17) is 13.9 Å². The smallest absolute Gasteiger partial charge is 0.432 e. The zero-order chi connectivity index (χ0) is 32.6. The van der Waals surface area contributed by atoms with Crippen molar-refractivity contribution in [2.75, 3.05) is 14.2 Å². The average molecular weight is 623 g/mol. The average Bonchev–Trinajstić information content (AvgIpc) is 2.94. The van der Waals surface area contributed by atoms with Crippen molar-refractivity contribution < 1.29 is 46.2 Å². The highest BCUT2D eigenvalue weighted by Crippen LogP contribution is 2.44. The van der Waals surface area contributed by atoms with Gasteiger partial charge in [-0.15, -0.1) is 0 Å². The SMILES string of the molecule is COC(=O)/C=C/C[C@@H](OC(=O)[C@](OC)(c1ccccc1)C(F)(F)F)[C@H](C)C(=O)[C@H](O[Si](C)(C)C(C)(C)C)c1ccccc1. The molecular weight excluding hydrogens is 581 g/mol. The van der Waals surface area contributed by atoms with E-state index in [0.29, 0.717) is 5.56 Å². The summed E-state index contributed by atoms with van der Waals surface area (Å²) in [5.41, 5.74) is -3.39. The zero-order valence-corrected chi connectivity index (χ0v) is 26.9. The van der Waals surface area contributed by atoms with Crippen LogP contribution in [0.1, 0.15) is 51.3 Å². The van der Waals surface area contributed by atoms with Gasteiger partial charge in [0.2, 0.25) is 0 Å². The van der Waals surface area contributed by atoms with Crippen molar-refractivity contribution in [1.82, 2.24) is 0 Å². The first-order valence-corrected chi connectivity index (χ1v) is 16.7. The van der Waals surface area contributed by atoms with Crippen molar-refractivity contribution in [3.05, 3.63) is 83.9 Å². The number of ether oxygens (including phenoxy) is 3. The first-order chi connectivity index (χ1) is 19.9. The Labute approximate surface area is 252 Å². The summed E-state index contributed by atoms with van der Waals surface area (Å²) in [6.45, 7) is 11.5. The van der Waals surface area contributed by atoms with E-state index in [0.717, 1.165) is 32.4 Å². The summed E-state index contributed by atoms with van der Waals surface area (Å²) in [6, 6.07) is 15.2. The first-order valence-electron chi connectivity index (χ1n) is 13.8. The second kappa shape index (κ2) is 14.5. The number of hydrogen-bond acceptors (Lipinski definition) is 7. The predicted molar refractivity (Wildman–Crippen MR) is 158 cm³/mol. The predicted octanol–water partition coefficient (Wildman–Crippen LogP) is 7.09. The Morgan fingerprint density at radius 1 is 0.907 bits per heavy atom. The van der Waals surface area contributed by atoms with Crippen molar-refractivity contribution in [1.29, 1.82) is 0 Å². The second-order valence-electron chi connectivity index (χ2n) is 11.7. The van der Waals surface area contributed by atoms with Crippen molar-refractivity contribution in [3.63, 3.8) is 0 Å². The van der Waals surface area contributed by atoms with Crippen LogP contribution in [0.2, 0.25) is 18.1 Å². The maximum Gasteiger partial charge on any atom is 0.432 e. The molecule has 236 valence electrons. The number of rotatable bonds is 13. The summed E-state index contributed by atoms with van der Waals surface area (Å²) in [7, 11) is -0.622. The molecule has 0 N–H and O–H groups in total. The van der Waals surface area contributed by atoms with Crippen LogP contribution in [0.4, 0.5) is 13.2 Å². The van der Waals surface area contributed by atoms with Gasteiger partial charge in [0.05, 0.1) is 13.0 Å². The highest BCUT2D eigenvalue weighted by Gasteiger charge is 2.64. The molecule has 0 saturated heterocycles. The van der Waals surface area contributed by atoms with Crippen LogP contribution in [-0.4, -0.2) is 52.5 Å². The number of carbonyl (C=O) groups excluding carboxylic acids is 3. The Morgan fingerprint density at radius 2 is 1.44 bits per heavy atom. The maximum absolute atomic E-state index is 14.6. The number of ketones is 1. The number of benzene rings is 2. The Morgan fingerprint density at radius 3 is 1.91 bits per heavy atom. The molecule has 2 aromatic rings. The Balaban J connectivity index is 2.59. The number of carbonyl (C=O) groups is 3. The quantitative estimate of drug-likeness (QED) is 0.134. The van der Waals surface area contributed by atoms with Crippen LogP contribution in [0.15, 0.2) is 72.8 Å². The molecule has 43 heavy (non-hydrogen) atoms. The third-order valence-electron chi connectivity index (χ3n) is 7.84. The monoisotopic (exact) mass is 622 g/mol. The van der Waals surface area contributed by atoms with Crippen molar-refractivity contribution in [2.24, 2.45) is 5.92 Å². The standard InChI is InChI=1S/C32H41F3O7Si/c1-22(27(37)28(23-16-11-9-12-17-23)42-43(7,8)30(2,3)4)25(20-15-21-26(36)39-5)41-29(38)31(40-6,32(33,34)35)24-18-13-10-14-19-24/h9-19,21-22,25,28H,20H2,1-8H3/b21-15+/t22-,25+,28+,31+/m0/s1. The van der Waals surface area contributed by atoms with Gasteiger partial charge in [-0.25, -0.2) is 9.59 Å². The fourth-order valence-electron chi connectivity index (χ4n) is 4.14. The van der Waals surface area contributed by atoms with Gasteiger partial charge in [0, 0.05) is 25.2 Å². The highest BCUT2D eigenvalue weighted by molar-refractivity contribution is 6.74. The fraction of sp³-hybridized carbons (Fsp3) is 0.469. The molecule has 0 spiro atoms. The van der Waals surface area contributed by atoms with Crippen LogP contribution in [0.5, 0.6) is 0 Å². The lowest BCUT2D eigenvalue weighted by Crippen LogP contribution is -2.53. The van der Waals surface area contributed by atoms with E-state index in [2.05, 4.69) is 4.74 Å². The molecule has 0 heterocycles. The zero-order valence-electron chi connectivity index (χ0n) is 25.9. The van der Waals surface area contributed by atoms with Gasteiger partial charge in [-0.05, 0) is 23.7 Å². The number of alkyl halides is 3. The highest BCUT2D eigenvalue weighted by atomic mass is 28.4. The number of methoxy groups -OCH3 is 2. The molecule has 7 nitrogen and oxygen atoms in total. The molecule has 0 saturated carbocycles. The molecule has 0 aliphatic rings. The molecule has 0 bridgehead atoms. The van der Waals surface area contributed by atoms with Gasteiger partial charge >= 0.3 is 18.1 Å². The summed E-state index contributed by atoms with van der Waals surface area (Å²) in [5.74, 6) is -4.11. The van der Waals surface area contributed by atoms with Gasteiger partial charge in [-0.3, -0.25) is 4.79 Å². The molecule has 0 aromatic heterocycles. The third kappa shape index (κ3) is 8.42. The molecule has 0 fully saturated rings. The molecule has 2 aromatic carbocycles. The molecule has 0 unspecified atom stereocenters. The number of hydrogen-bond donors (Lipinski definition) is 0. The molecular formula is C32H41F3O7Si. The Hall–Kier alpha value is -3.28. The molecule has 0 aliphatic carbocycles. The number of Topliss-reactive ketones (excluding diaryl/α,β-unsaturated/α-hetero) is 1. The van der Waals surface area contributed by atoms with Crippen LogP contribution in [0.3, 0.4) is 0 Å². The van der Waals surface area contributed by atoms with Gasteiger partial charge in [0.15, 0.2) is 14.1 Å². The number of halogens is 3. The minimum atomic E-state index is -5.21. The van der Waals surface area contributed by atoms with Gasteiger partial charge in [0.1, 0.15) is 12.2 Å². The van der Waals surface area contributed by atoms with Gasteiger partial charge in [-0.1, -0.05) is 94.4 Å². The first kappa shape index (κ1) is 35.9. The van der Waals surface area contributed by atoms with Crippen molar-refractivity contribution in [2.45, 2.75) is 76.2 Å². The number of esters is 2. The van der Waals surface area contributed by atoms with Crippen LogP contribution in [0, 0.1) is 5.92 Å². The second-order valence-corrected chi connectivity index (χ2v) is 16.5. The topological polar surface area (TPSA) is 88.1 Å². The lowest BCUT2D eigenvalue weighted by Gasteiger charge is -2.40. The Bertz CT molecular complexity index is 1260. The third-order valence-corrected chi connectivity index (χ3v) is 12.3. The minimum Gasteiger partial charge on any atom is -0.466 e. The van der Waals surface area contributed by atoms with E-state index < -0.39 is 61.5 Å². The van der Waals surface area contributed by atoms with Crippen molar-refractivity contribution >= 4 is 26.0 Å². The fourth-order valence-corrected chi connectivity index (χ4v) is 5.33. The summed E-state index contributed by atoms with van der Waals surface area (Å²) >= 11 is 0. The summed E-state index contributed by atoms with van der Waals surface area (Å²) in [4.78, 5) is 39.4. The van der Waals surface area contributed by atoms with Crippen LogP contribution >= 0.6 is 0 Å². The van der Waals surface area contributed by atoms with Gasteiger partial charge in [-0.2, -0.15) is 13.2 Å². The normalized spacial score (nSPS) is 16.2.